The van der Waals surface area contributed by atoms with Gasteiger partial charge in [-0.05, 0) is 55.4 Å². The summed E-state index contributed by atoms with van der Waals surface area (Å²) >= 11 is 0. The molecule has 106 valence electrons. The van der Waals surface area contributed by atoms with E-state index >= 15 is 0 Å². The molecule has 1 fully saturated rings. The van der Waals surface area contributed by atoms with Crippen molar-refractivity contribution in [2.75, 3.05) is 0 Å². The highest BCUT2D eigenvalue weighted by Crippen LogP contribution is 2.27. The maximum Gasteiger partial charge on any atom is 0.124 e. The van der Waals surface area contributed by atoms with Gasteiger partial charge in [-0.3, -0.25) is 0 Å². The minimum atomic E-state index is -0.312. The number of hydrogen-bond donors (Lipinski definition) is 1. The fourth-order valence-corrected chi connectivity index (χ4v) is 2.94. The molecule has 2 rings (SSSR count). The Morgan fingerprint density at radius 1 is 1.16 bits per heavy atom. The van der Waals surface area contributed by atoms with Crippen molar-refractivity contribution in [1.29, 1.82) is 0 Å². The molecular formula is C17H26O2. The minimum Gasteiger partial charge on any atom is -0.488 e. The summed E-state index contributed by atoms with van der Waals surface area (Å²) in [6, 6.07) is 6.30. The van der Waals surface area contributed by atoms with Gasteiger partial charge in [0, 0.05) is 0 Å². The quantitative estimate of drug-likeness (QED) is 0.828. The number of benzene rings is 1. The third-order valence-corrected chi connectivity index (χ3v) is 4.07. The molecular weight excluding hydrogens is 236 g/mol. The highest BCUT2D eigenvalue weighted by molar-refractivity contribution is 5.36. The van der Waals surface area contributed by atoms with Gasteiger partial charge in [-0.25, -0.2) is 0 Å². The van der Waals surface area contributed by atoms with Crippen molar-refractivity contribution in [2.24, 2.45) is 0 Å². The van der Waals surface area contributed by atoms with E-state index in [2.05, 4.69) is 32.9 Å². The van der Waals surface area contributed by atoms with Crippen LogP contribution in [0.1, 0.15) is 63.0 Å². The predicted molar refractivity (Wildman–Crippen MR) is 78.8 cm³/mol. The third-order valence-electron chi connectivity index (χ3n) is 4.07. The van der Waals surface area contributed by atoms with E-state index in [0.29, 0.717) is 5.92 Å². The summed E-state index contributed by atoms with van der Waals surface area (Å²) in [5.41, 5.74) is 2.64. The minimum absolute atomic E-state index is 0.0354. The molecule has 0 aliphatic heterocycles. The van der Waals surface area contributed by atoms with Crippen molar-refractivity contribution in [2.45, 2.75) is 71.0 Å². The molecule has 0 heterocycles. The number of aliphatic hydroxyl groups excluding tert-OH is 1. The number of ether oxygens (including phenoxy) is 1. The lowest BCUT2D eigenvalue weighted by molar-refractivity contribution is 0.0319. The van der Waals surface area contributed by atoms with Crippen LogP contribution in [0.4, 0.5) is 0 Å². The van der Waals surface area contributed by atoms with Crippen molar-refractivity contribution in [3.05, 3.63) is 29.3 Å². The van der Waals surface area contributed by atoms with Gasteiger partial charge in [0.25, 0.3) is 0 Å². The Morgan fingerprint density at radius 2 is 1.89 bits per heavy atom. The molecule has 2 nitrogen and oxygen atoms in total. The molecule has 0 bridgehead atoms. The average Bonchev–Trinajstić information content (AvgIpc) is 2.55. The van der Waals surface area contributed by atoms with E-state index in [9.17, 15) is 5.11 Å². The average molecular weight is 262 g/mol. The normalized spacial score (nSPS) is 24.3. The predicted octanol–water partition coefficient (Wildman–Crippen LogP) is 4.19. The van der Waals surface area contributed by atoms with Crippen LogP contribution in [0.3, 0.4) is 0 Å². The van der Waals surface area contributed by atoms with Crippen LogP contribution in [-0.2, 0) is 0 Å². The van der Waals surface area contributed by atoms with Crippen LogP contribution in [-0.4, -0.2) is 17.3 Å². The fraction of sp³-hybridized carbons (Fsp3) is 0.647. The molecule has 2 atom stereocenters. The molecule has 0 amide bonds. The van der Waals surface area contributed by atoms with Crippen LogP contribution in [0.25, 0.3) is 0 Å². The van der Waals surface area contributed by atoms with Gasteiger partial charge >= 0.3 is 0 Å². The molecule has 0 aromatic heterocycles. The largest absolute Gasteiger partial charge is 0.488 e. The SMILES string of the molecule is Cc1cc(OC2CCCCCC2O)ccc1C(C)C. The van der Waals surface area contributed by atoms with E-state index in [-0.39, 0.29) is 12.2 Å². The molecule has 1 N–H and O–H groups in total. The molecule has 1 aliphatic rings. The lowest BCUT2D eigenvalue weighted by atomic mass is 9.98. The van der Waals surface area contributed by atoms with Crippen molar-refractivity contribution < 1.29 is 9.84 Å². The summed E-state index contributed by atoms with van der Waals surface area (Å²) in [6.45, 7) is 6.54. The molecule has 2 heteroatoms. The molecule has 0 spiro atoms. The summed E-state index contributed by atoms with van der Waals surface area (Å²) in [7, 11) is 0. The summed E-state index contributed by atoms with van der Waals surface area (Å²) < 4.78 is 6.01. The van der Waals surface area contributed by atoms with E-state index < -0.39 is 0 Å². The lowest BCUT2D eigenvalue weighted by Crippen LogP contribution is -2.30. The molecule has 1 aromatic carbocycles. The second-order valence-electron chi connectivity index (χ2n) is 6.03. The summed E-state index contributed by atoms with van der Waals surface area (Å²) in [6.07, 6.45) is 4.97. The second-order valence-corrected chi connectivity index (χ2v) is 6.03. The van der Waals surface area contributed by atoms with Crippen molar-refractivity contribution in [1.82, 2.24) is 0 Å². The lowest BCUT2D eigenvalue weighted by Gasteiger charge is -2.23. The highest BCUT2D eigenvalue weighted by Gasteiger charge is 2.23. The zero-order valence-corrected chi connectivity index (χ0v) is 12.4. The van der Waals surface area contributed by atoms with Crippen molar-refractivity contribution in [3.63, 3.8) is 0 Å². The van der Waals surface area contributed by atoms with Gasteiger partial charge in [-0.1, -0.05) is 32.8 Å². The number of rotatable bonds is 3. The van der Waals surface area contributed by atoms with Crippen molar-refractivity contribution >= 4 is 0 Å². The zero-order valence-electron chi connectivity index (χ0n) is 12.4. The Kier molecular flexibility index (Phi) is 4.87. The second kappa shape index (κ2) is 6.42. The topological polar surface area (TPSA) is 29.5 Å². The zero-order chi connectivity index (χ0) is 13.8. The summed E-state index contributed by atoms with van der Waals surface area (Å²) in [5, 5.41) is 10.1. The van der Waals surface area contributed by atoms with E-state index in [1.807, 2.05) is 6.07 Å². The van der Waals surface area contributed by atoms with Gasteiger partial charge in [0.15, 0.2) is 0 Å². The molecule has 1 aromatic rings. The smallest absolute Gasteiger partial charge is 0.124 e. The fourth-order valence-electron chi connectivity index (χ4n) is 2.94. The van der Waals surface area contributed by atoms with Gasteiger partial charge in [0.05, 0.1) is 6.10 Å². The number of aliphatic hydroxyl groups is 1. The maximum atomic E-state index is 10.1. The summed E-state index contributed by atoms with van der Waals surface area (Å²) in [5.74, 6) is 1.44. The van der Waals surface area contributed by atoms with Crippen LogP contribution in [0, 0.1) is 6.92 Å². The first kappa shape index (κ1) is 14.4. The van der Waals surface area contributed by atoms with E-state index in [1.165, 1.54) is 17.5 Å². The van der Waals surface area contributed by atoms with Crippen molar-refractivity contribution in [3.8, 4) is 5.75 Å². The summed E-state index contributed by atoms with van der Waals surface area (Å²) in [4.78, 5) is 0. The van der Waals surface area contributed by atoms with Crippen LogP contribution in [0.2, 0.25) is 0 Å². The van der Waals surface area contributed by atoms with Crippen LogP contribution >= 0.6 is 0 Å². The standard InChI is InChI=1S/C17H26O2/c1-12(2)15-10-9-14(11-13(15)3)19-17-8-6-4-5-7-16(17)18/h9-12,16-18H,4-8H2,1-3H3. The molecule has 0 radical (unpaired) electrons. The van der Waals surface area contributed by atoms with Crippen LogP contribution in [0.15, 0.2) is 18.2 Å². The number of aryl methyl sites for hydroxylation is 1. The molecule has 1 saturated carbocycles. The van der Waals surface area contributed by atoms with Gasteiger partial charge in [0.1, 0.15) is 11.9 Å². The maximum absolute atomic E-state index is 10.1. The Labute approximate surface area is 116 Å². The highest BCUT2D eigenvalue weighted by atomic mass is 16.5. The third kappa shape index (κ3) is 3.73. The molecule has 2 unspecified atom stereocenters. The van der Waals surface area contributed by atoms with E-state index in [0.717, 1.165) is 31.4 Å². The van der Waals surface area contributed by atoms with Crippen LogP contribution < -0.4 is 4.74 Å². The molecule has 19 heavy (non-hydrogen) atoms. The Hall–Kier alpha value is -1.02. The van der Waals surface area contributed by atoms with E-state index in [4.69, 9.17) is 4.74 Å². The van der Waals surface area contributed by atoms with Gasteiger partial charge < -0.3 is 9.84 Å². The first-order valence-electron chi connectivity index (χ1n) is 7.53. The monoisotopic (exact) mass is 262 g/mol. The molecule has 1 aliphatic carbocycles. The Bertz CT molecular complexity index is 412. The molecule has 0 saturated heterocycles. The first-order valence-corrected chi connectivity index (χ1v) is 7.53. The van der Waals surface area contributed by atoms with Gasteiger partial charge in [0.2, 0.25) is 0 Å². The van der Waals surface area contributed by atoms with E-state index in [1.54, 1.807) is 0 Å². The Morgan fingerprint density at radius 3 is 2.58 bits per heavy atom. The Balaban J connectivity index is 2.08. The number of hydrogen-bond acceptors (Lipinski definition) is 2. The first-order chi connectivity index (χ1) is 9.08. The van der Waals surface area contributed by atoms with Crippen LogP contribution in [0.5, 0.6) is 5.75 Å². The van der Waals surface area contributed by atoms with Gasteiger partial charge in [-0.15, -0.1) is 0 Å². The van der Waals surface area contributed by atoms with Gasteiger partial charge in [-0.2, -0.15) is 0 Å².